The van der Waals surface area contributed by atoms with Gasteiger partial charge in [-0.05, 0) is 43.8 Å². The minimum Gasteiger partial charge on any atom is -0.390 e. The molecule has 3 nitrogen and oxygen atoms in total. The lowest BCUT2D eigenvalue weighted by Crippen LogP contribution is -2.24. The molecule has 0 amide bonds. The van der Waals surface area contributed by atoms with Crippen LogP contribution in [-0.2, 0) is 12.4 Å². The van der Waals surface area contributed by atoms with Gasteiger partial charge in [0, 0.05) is 0 Å². The first-order valence-electron chi connectivity index (χ1n) is 6.27. The lowest BCUT2D eigenvalue weighted by molar-refractivity contribution is -0.143. The van der Waals surface area contributed by atoms with Crippen LogP contribution in [0.5, 0.6) is 0 Å². The van der Waals surface area contributed by atoms with E-state index in [-0.39, 0.29) is 19.0 Å². The van der Waals surface area contributed by atoms with Gasteiger partial charge < -0.3 is 15.5 Å². The van der Waals surface area contributed by atoms with E-state index >= 15 is 0 Å². The number of aliphatic hydroxyl groups is 2. The zero-order chi connectivity index (χ0) is 17.1. The van der Waals surface area contributed by atoms with Gasteiger partial charge in [0.05, 0.1) is 17.2 Å². The summed E-state index contributed by atoms with van der Waals surface area (Å²) >= 11 is 0. The zero-order valence-corrected chi connectivity index (χ0v) is 11.5. The molecule has 22 heavy (non-hydrogen) atoms. The van der Waals surface area contributed by atoms with Crippen molar-refractivity contribution in [2.45, 2.75) is 31.0 Å². The van der Waals surface area contributed by atoms with Gasteiger partial charge in [0.25, 0.3) is 0 Å². The molecule has 0 aliphatic carbocycles. The molecule has 1 aromatic rings. The molecule has 0 aromatic heterocycles. The van der Waals surface area contributed by atoms with E-state index in [2.05, 4.69) is 5.32 Å². The summed E-state index contributed by atoms with van der Waals surface area (Å²) in [4.78, 5) is 0. The van der Waals surface area contributed by atoms with Crippen LogP contribution in [0.2, 0.25) is 0 Å². The average molecular weight is 331 g/mol. The van der Waals surface area contributed by atoms with Gasteiger partial charge in [-0.1, -0.05) is 0 Å². The van der Waals surface area contributed by atoms with E-state index in [9.17, 15) is 36.6 Å². The number of alkyl halides is 6. The maximum Gasteiger partial charge on any atom is 0.416 e. The van der Waals surface area contributed by atoms with Crippen molar-refractivity contribution >= 4 is 0 Å². The number of nitrogens with one attached hydrogen (secondary N) is 1. The fourth-order valence-corrected chi connectivity index (χ4v) is 1.82. The van der Waals surface area contributed by atoms with Gasteiger partial charge >= 0.3 is 12.4 Å². The van der Waals surface area contributed by atoms with Gasteiger partial charge in [-0.25, -0.2) is 0 Å². The van der Waals surface area contributed by atoms with E-state index in [0.29, 0.717) is 12.1 Å². The van der Waals surface area contributed by atoms with Gasteiger partial charge in [-0.15, -0.1) is 0 Å². The van der Waals surface area contributed by atoms with Crippen LogP contribution in [0.1, 0.15) is 29.2 Å². The molecule has 0 radical (unpaired) electrons. The summed E-state index contributed by atoms with van der Waals surface area (Å²) in [6.45, 7) is 0.239. The van der Waals surface area contributed by atoms with Crippen molar-refractivity contribution < 1.29 is 36.6 Å². The van der Waals surface area contributed by atoms with E-state index in [1.165, 1.54) is 0 Å². The van der Waals surface area contributed by atoms with Crippen LogP contribution in [0.25, 0.3) is 0 Å². The lowest BCUT2D eigenvalue weighted by Gasteiger charge is -2.21. The Morgan fingerprint density at radius 1 is 0.955 bits per heavy atom. The number of hydrogen-bond donors (Lipinski definition) is 3. The monoisotopic (exact) mass is 331 g/mol. The highest BCUT2D eigenvalue weighted by molar-refractivity contribution is 5.35. The summed E-state index contributed by atoms with van der Waals surface area (Å²) in [6, 6.07) is 0.779. The molecule has 0 bridgehead atoms. The van der Waals surface area contributed by atoms with Crippen LogP contribution in [0.15, 0.2) is 18.2 Å². The predicted octanol–water partition coefficient (Wildman–Crippen LogP) is 2.73. The van der Waals surface area contributed by atoms with Crippen LogP contribution in [0.4, 0.5) is 26.3 Å². The summed E-state index contributed by atoms with van der Waals surface area (Å²) < 4.78 is 76.1. The van der Waals surface area contributed by atoms with Crippen LogP contribution in [0, 0.1) is 0 Å². The highest BCUT2D eigenvalue weighted by Crippen LogP contribution is 2.37. The first-order chi connectivity index (χ1) is 9.96. The average Bonchev–Trinajstić information content (AvgIpc) is 2.41. The number of benzene rings is 1. The molecule has 1 aromatic carbocycles. The third kappa shape index (κ3) is 4.85. The number of hydrogen-bond acceptors (Lipinski definition) is 3. The van der Waals surface area contributed by atoms with Crippen molar-refractivity contribution in [3.63, 3.8) is 0 Å². The van der Waals surface area contributed by atoms with Crippen molar-refractivity contribution in [2.75, 3.05) is 13.6 Å². The van der Waals surface area contributed by atoms with Crippen molar-refractivity contribution in [3.05, 3.63) is 34.9 Å². The first kappa shape index (κ1) is 18.7. The molecular weight excluding hydrogens is 316 g/mol. The standard InChI is InChI=1S/C13H15F6NO2/c1-20-3-2-10(21)11(22)7-4-8(12(14,15)16)6-9(5-7)13(17,18)19/h4-6,10-11,20-22H,2-3H2,1H3. The van der Waals surface area contributed by atoms with E-state index < -0.39 is 41.3 Å². The molecule has 9 heteroatoms. The van der Waals surface area contributed by atoms with Crippen LogP contribution >= 0.6 is 0 Å². The minimum absolute atomic E-state index is 0.0315. The quantitative estimate of drug-likeness (QED) is 0.727. The molecule has 0 spiro atoms. The normalized spacial score (nSPS) is 15.7. The molecule has 2 unspecified atom stereocenters. The van der Waals surface area contributed by atoms with Gasteiger partial charge in [-0.2, -0.15) is 26.3 Å². The second-order valence-electron chi connectivity index (χ2n) is 4.74. The molecule has 0 saturated heterocycles. The van der Waals surface area contributed by atoms with Gasteiger partial charge in [0.15, 0.2) is 0 Å². The predicted molar refractivity (Wildman–Crippen MR) is 66.0 cm³/mol. The Morgan fingerprint density at radius 2 is 1.41 bits per heavy atom. The molecule has 126 valence electrons. The van der Waals surface area contributed by atoms with Crippen molar-refractivity contribution in [1.82, 2.24) is 5.32 Å². The smallest absolute Gasteiger partial charge is 0.390 e. The summed E-state index contributed by atoms with van der Waals surface area (Å²) in [7, 11) is 1.55. The number of aliphatic hydroxyl groups excluding tert-OH is 2. The largest absolute Gasteiger partial charge is 0.416 e. The molecule has 0 aliphatic heterocycles. The van der Waals surface area contributed by atoms with E-state index in [1.54, 1.807) is 7.05 Å². The molecule has 0 saturated carbocycles. The number of rotatable bonds is 5. The zero-order valence-electron chi connectivity index (χ0n) is 11.5. The second-order valence-corrected chi connectivity index (χ2v) is 4.74. The number of halogens is 6. The Bertz CT molecular complexity index is 468. The topological polar surface area (TPSA) is 52.5 Å². The third-order valence-corrected chi connectivity index (χ3v) is 3.01. The summed E-state index contributed by atoms with van der Waals surface area (Å²) in [5.41, 5.74) is -3.69. The first-order valence-corrected chi connectivity index (χ1v) is 6.27. The molecule has 0 aliphatic rings. The van der Waals surface area contributed by atoms with E-state index in [0.717, 1.165) is 0 Å². The Kier molecular flexibility index (Phi) is 5.82. The van der Waals surface area contributed by atoms with Gasteiger partial charge in [0.2, 0.25) is 0 Å². The van der Waals surface area contributed by atoms with Crippen LogP contribution in [0.3, 0.4) is 0 Å². The Balaban J connectivity index is 3.23. The van der Waals surface area contributed by atoms with E-state index in [1.807, 2.05) is 0 Å². The summed E-state index contributed by atoms with van der Waals surface area (Å²) in [6.07, 6.45) is -13.4. The fourth-order valence-electron chi connectivity index (χ4n) is 1.82. The minimum atomic E-state index is -4.99. The molecule has 2 atom stereocenters. The molecule has 1 rings (SSSR count). The Labute approximate surface area is 122 Å². The van der Waals surface area contributed by atoms with Crippen molar-refractivity contribution in [2.24, 2.45) is 0 Å². The molecule has 0 heterocycles. The molecule has 3 N–H and O–H groups in total. The SMILES string of the molecule is CNCCC(O)C(O)c1cc(C(F)(F)F)cc(C(F)(F)F)c1. The lowest BCUT2D eigenvalue weighted by atomic mass is 9.97. The highest BCUT2D eigenvalue weighted by atomic mass is 19.4. The second kappa shape index (κ2) is 6.84. The maximum absolute atomic E-state index is 12.7. The Hall–Kier alpha value is -1.32. The third-order valence-electron chi connectivity index (χ3n) is 3.01. The summed E-state index contributed by atoms with van der Waals surface area (Å²) in [5.74, 6) is 0. The van der Waals surface area contributed by atoms with Crippen LogP contribution in [-0.4, -0.2) is 29.9 Å². The van der Waals surface area contributed by atoms with Gasteiger partial charge in [0.1, 0.15) is 6.10 Å². The maximum atomic E-state index is 12.7. The van der Waals surface area contributed by atoms with Crippen LogP contribution < -0.4 is 5.32 Å². The van der Waals surface area contributed by atoms with Crippen molar-refractivity contribution in [3.8, 4) is 0 Å². The molecular formula is C13H15F6NO2. The Morgan fingerprint density at radius 3 is 1.77 bits per heavy atom. The molecule has 0 fully saturated rings. The summed E-state index contributed by atoms with van der Waals surface area (Å²) in [5, 5.41) is 22.1. The fraction of sp³-hybridized carbons (Fsp3) is 0.538. The van der Waals surface area contributed by atoms with E-state index in [4.69, 9.17) is 0 Å². The van der Waals surface area contributed by atoms with Gasteiger partial charge in [-0.3, -0.25) is 0 Å². The van der Waals surface area contributed by atoms with Crippen molar-refractivity contribution in [1.29, 1.82) is 0 Å². The highest BCUT2D eigenvalue weighted by Gasteiger charge is 2.37.